The first-order valence-corrected chi connectivity index (χ1v) is 7.96. The smallest absolute Gasteiger partial charge is 0.137 e. The Kier molecular flexibility index (Phi) is 5.30. The van der Waals surface area contributed by atoms with Crippen LogP contribution in [0.25, 0.3) is 0 Å². The lowest BCUT2D eigenvalue weighted by Gasteiger charge is -2.31. The van der Waals surface area contributed by atoms with Crippen molar-refractivity contribution < 1.29 is 4.74 Å². The van der Waals surface area contributed by atoms with Crippen molar-refractivity contribution in [3.63, 3.8) is 0 Å². The van der Waals surface area contributed by atoms with Crippen molar-refractivity contribution in [1.82, 2.24) is 14.8 Å². The van der Waals surface area contributed by atoms with Gasteiger partial charge in [0, 0.05) is 16.9 Å². The van der Waals surface area contributed by atoms with Crippen LogP contribution < -0.4 is 0 Å². The average molecular weight is 326 g/mol. The van der Waals surface area contributed by atoms with Crippen LogP contribution in [0.2, 0.25) is 5.02 Å². The number of rotatable bonds is 5. The maximum Gasteiger partial charge on any atom is 0.137 e. The summed E-state index contributed by atoms with van der Waals surface area (Å²) in [6.45, 7) is 6.53. The Morgan fingerprint density at radius 1 is 1.24 bits per heavy atom. The molecule has 4 nitrogen and oxygen atoms in total. The van der Waals surface area contributed by atoms with Crippen molar-refractivity contribution in [1.29, 1.82) is 0 Å². The van der Waals surface area contributed by atoms with Crippen LogP contribution in [0.5, 0.6) is 0 Å². The molecule has 0 aliphatic rings. The van der Waals surface area contributed by atoms with Crippen LogP contribution in [0.3, 0.4) is 0 Å². The largest absolute Gasteiger partial charge is 0.374 e. The van der Waals surface area contributed by atoms with Crippen LogP contribution in [-0.4, -0.2) is 26.6 Å². The molecule has 2 atom stereocenters. The lowest BCUT2D eigenvalue weighted by molar-refractivity contribution is 0.0806. The fraction of sp³-hybridized carbons (Fsp3) is 0.467. The number of hydrogen-bond donors (Lipinski definition) is 0. The second-order valence-electron chi connectivity index (χ2n) is 5.70. The molecule has 2 unspecified atom stereocenters. The normalized spacial score (nSPS) is 14.9. The second-order valence-corrected chi connectivity index (χ2v) is 8.08. The molecule has 114 valence electrons. The van der Waals surface area contributed by atoms with Gasteiger partial charge in [0.05, 0.1) is 0 Å². The SMILES string of the molecule is COC(c1ccc(Cl)cc1)C(SC(C)(C)C)n1cncn1. The van der Waals surface area contributed by atoms with Crippen LogP contribution in [0.15, 0.2) is 36.9 Å². The molecular weight excluding hydrogens is 306 g/mol. The van der Waals surface area contributed by atoms with E-state index in [1.807, 2.05) is 28.9 Å². The van der Waals surface area contributed by atoms with E-state index >= 15 is 0 Å². The Balaban J connectivity index is 2.35. The second kappa shape index (κ2) is 6.81. The van der Waals surface area contributed by atoms with Crippen molar-refractivity contribution in [3.8, 4) is 0 Å². The van der Waals surface area contributed by atoms with Gasteiger partial charge in [-0.25, -0.2) is 9.67 Å². The van der Waals surface area contributed by atoms with Crippen molar-refractivity contribution in [2.24, 2.45) is 0 Å². The van der Waals surface area contributed by atoms with Crippen LogP contribution in [0, 0.1) is 0 Å². The highest BCUT2D eigenvalue weighted by Crippen LogP contribution is 2.43. The molecule has 6 heteroatoms. The Labute approximate surface area is 134 Å². The number of ether oxygens (including phenoxy) is 1. The van der Waals surface area contributed by atoms with Crippen molar-refractivity contribution in [2.45, 2.75) is 37.0 Å². The molecule has 1 aromatic carbocycles. The zero-order valence-corrected chi connectivity index (χ0v) is 14.2. The molecule has 1 aromatic heterocycles. The molecule has 2 rings (SSSR count). The molecule has 0 aliphatic carbocycles. The summed E-state index contributed by atoms with van der Waals surface area (Å²) in [4.78, 5) is 4.06. The molecule has 21 heavy (non-hydrogen) atoms. The van der Waals surface area contributed by atoms with E-state index in [9.17, 15) is 0 Å². The van der Waals surface area contributed by atoms with Crippen LogP contribution in [-0.2, 0) is 4.74 Å². The van der Waals surface area contributed by atoms with Gasteiger partial charge in [0.2, 0.25) is 0 Å². The van der Waals surface area contributed by atoms with Crippen molar-refractivity contribution >= 4 is 23.4 Å². The third kappa shape index (κ3) is 4.46. The first-order chi connectivity index (χ1) is 9.90. The number of hydrogen-bond acceptors (Lipinski definition) is 4. The Hall–Kier alpha value is -1.04. The molecule has 0 bridgehead atoms. The van der Waals surface area contributed by atoms with E-state index in [1.54, 1.807) is 31.5 Å². The van der Waals surface area contributed by atoms with Gasteiger partial charge in [-0.1, -0.05) is 44.5 Å². The average Bonchev–Trinajstić information content (AvgIpc) is 2.93. The number of aromatic nitrogens is 3. The molecule has 0 radical (unpaired) electrons. The number of halogens is 1. The number of methoxy groups -OCH3 is 1. The highest BCUT2D eigenvalue weighted by Gasteiger charge is 2.30. The van der Waals surface area contributed by atoms with E-state index < -0.39 is 0 Å². The van der Waals surface area contributed by atoms with E-state index in [0.717, 1.165) is 10.6 Å². The van der Waals surface area contributed by atoms with E-state index in [1.165, 1.54) is 0 Å². The molecule has 0 N–H and O–H groups in total. The molecule has 2 aromatic rings. The molecule has 0 spiro atoms. The Morgan fingerprint density at radius 3 is 2.38 bits per heavy atom. The fourth-order valence-electron chi connectivity index (χ4n) is 2.04. The summed E-state index contributed by atoms with van der Waals surface area (Å²) in [7, 11) is 1.71. The first kappa shape index (κ1) is 16.3. The maximum atomic E-state index is 5.97. The summed E-state index contributed by atoms with van der Waals surface area (Å²) in [5.74, 6) is 0. The summed E-state index contributed by atoms with van der Waals surface area (Å²) in [5, 5.41) is 5.01. The van der Waals surface area contributed by atoms with E-state index in [2.05, 4.69) is 30.9 Å². The van der Waals surface area contributed by atoms with Gasteiger partial charge in [0.15, 0.2) is 0 Å². The van der Waals surface area contributed by atoms with Gasteiger partial charge >= 0.3 is 0 Å². The first-order valence-electron chi connectivity index (χ1n) is 6.71. The van der Waals surface area contributed by atoms with E-state index in [-0.39, 0.29) is 16.2 Å². The Morgan fingerprint density at radius 2 is 1.90 bits per heavy atom. The van der Waals surface area contributed by atoms with Gasteiger partial charge in [-0.3, -0.25) is 0 Å². The van der Waals surface area contributed by atoms with Gasteiger partial charge in [-0.2, -0.15) is 5.10 Å². The molecular formula is C15H20ClN3OS. The van der Waals surface area contributed by atoms with Crippen LogP contribution in [0.4, 0.5) is 0 Å². The van der Waals surface area contributed by atoms with E-state index in [0.29, 0.717) is 0 Å². The van der Waals surface area contributed by atoms with Gasteiger partial charge < -0.3 is 4.74 Å². The van der Waals surface area contributed by atoms with Crippen molar-refractivity contribution in [2.75, 3.05) is 7.11 Å². The van der Waals surface area contributed by atoms with Crippen LogP contribution in [0.1, 0.15) is 37.8 Å². The molecule has 0 fully saturated rings. The fourth-order valence-corrected chi connectivity index (χ4v) is 3.49. The maximum absolute atomic E-state index is 5.97. The standard InChI is InChI=1S/C15H20ClN3OS/c1-15(2,3)21-14(19-10-17-9-18-19)13(20-4)11-5-7-12(16)8-6-11/h5-10,13-14H,1-4H3. The number of nitrogens with zero attached hydrogens (tertiary/aromatic N) is 3. The summed E-state index contributed by atoms with van der Waals surface area (Å²) >= 11 is 7.77. The third-order valence-electron chi connectivity index (χ3n) is 2.88. The minimum Gasteiger partial charge on any atom is -0.374 e. The predicted molar refractivity (Wildman–Crippen MR) is 87.6 cm³/mol. The summed E-state index contributed by atoms with van der Waals surface area (Å²) in [6.07, 6.45) is 3.14. The molecule has 0 amide bonds. The molecule has 0 aliphatic heterocycles. The Bertz CT molecular complexity index is 551. The summed E-state index contributed by atoms with van der Waals surface area (Å²) in [5.41, 5.74) is 1.07. The molecule has 0 saturated heterocycles. The summed E-state index contributed by atoms with van der Waals surface area (Å²) < 4.78 is 7.67. The van der Waals surface area contributed by atoms with Gasteiger partial charge in [0.25, 0.3) is 0 Å². The predicted octanol–water partition coefficient (Wildman–Crippen LogP) is 4.35. The van der Waals surface area contributed by atoms with E-state index in [4.69, 9.17) is 16.3 Å². The highest BCUT2D eigenvalue weighted by molar-refractivity contribution is 8.00. The monoisotopic (exact) mass is 325 g/mol. The third-order valence-corrected chi connectivity index (χ3v) is 4.55. The lowest BCUT2D eigenvalue weighted by Crippen LogP contribution is -2.22. The van der Waals surface area contributed by atoms with Gasteiger partial charge in [0.1, 0.15) is 24.1 Å². The topological polar surface area (TPSA) is 39.9 Å². The molecule has 1 heterocycles. The molecule has 0 saturated carbocycles. The summed E-state index contributed by atoms with van der Waals surface area (Å²) in [6, 6.07) is 7.74. The van der Waals surface area contributed by atoms with Gasteiger partial charge in [-0.15, -0.1) is 11.8 Å². The number of benzene rings is 1. The zero-order chi connectivity index (χ0) is 15.5. The minimum absolute atomic E-state index is 0.00123. The quantitative estimate of drug-likeness (QED) is 0.819. The number of thioether (sulfide) groups is 1. The van der Waals surface area contributed by atoms with Gasteiger partial charge in [-0.05, 0) is 17.7 Å². The minimum atomic E-state index is -0.131. The van der Waals surface area contributed by atoms with Crippen LogP contribution >= 0.6 is 23.4 Å². The lowest BCUT2D eigenvalue weighted by atomic mass is 10.1. The van der Waals surface area contributed by atoms with Crippen molar-refractivity contribution in [3.05, 3.63) is 47.5 Å². The highest BCUT2D eigenvalue weighted by atomic mass is 35.5. The zero-order valence-electron chi connectivity index (χ0n) is 12.7.